The molecule has 0 radical (unpaired) electrons. The number of para-hydroxylation sites is 2. The second-order valence-electron chi connectivity index (χ2n) is 8.47. The van der Waals surface area contributed by atoms with E-state index in [0.29, 0.717) is 0 Å². The number of aryl methyl sites for hydroxylation is 1. The third-order valence-corrected chi connectivity index (χ3v) is 6.14. The predicted octanol–water partition coefficient (Wildman–Crippen LogP) is 4.59. The van der Waals surface area contributed by atoms with Gasteiger partial charge in [-0.1, -0.05) is 54.6 Å². The highest BCUT2D eigenvalue weighted by Gasteiger charge is 2.22. The van der Waals surface area contributed by atoms with Gasteiger partial charge >= 0.3 is 0 Å². The molecule has 3 aromatic carbocycles. The monoisotopic (exact) mass is 426 g/mol. The summed E-state index contributed by atoms with van der Waals surface area (Å²) in [7, 11) is 0. The highest BCUT2D eigenvalue weighted by atomic mass is 16.5. The van der Waals surface area contributed by atoms with Crippen molar-refractivity contribution in [3.63, 3.8) is 0 Å². The van der Waals surface area contributed by atoms with Crippen molar-refractivity contribution in [2.75, 3.05) is 44.2 Å². The third kappa shape index (κ3) is 4.63. The van der Waals surface area contributed by atoms with Crippen LogP contribution in [0.2, 0.25) is 0 Å². The Morgan fingerprint density at radius 3 is 2.44 bits per heavy atom. The number of benzene rings is 3. The third-order valence-electron chi connectivity index (χ3n) is 6.14. The molecule has 5 heteroatoms. The molecule has 1 aliphatic heterocycles. The van der Waals surface area contributed by atoms with Gasteiger partial charge < -0.3 is 14.2 Å². The van der Waals surface area contributed by atoms with Crippen molar-refractivity contribution in [1.29, 1.82) is 0 Å². The molecule has 4 aromatic rings. The summed E-state index contributed by atoms with van der Waals surface area (Å²) in [4.78, 5) is 9.93. The fourth-order valence-electron chi connectivity index (χ4n) is 4.40. The fourth-order valence-corrected chi connectivity index (χ4v) is 4.40. The summed E-state index contributed by atoms with van der Waals surface area (Å²) >= 11 is 0. The van der Waals surface area contributed by atoms with Crippen LogP contribution in [-0.2, 0) is 6.54 Å². The Balaban J connectivity index is 1.24. The quantitative estimate of drug-likeness (QED) is 0.433. The van der Waals surface area contributed by atoms with Gasteiger partial charge in [0.15, 0.2) is 0 Å². The average molecular weight is 427 g/mol. The molecule has 32 heavy (non-hydrogen) atoms. The van der Waals surface area contributed by atoms with Gasteiger partial charge in [0.2, 0.25) is 5.95 Å². The van der Waals surface area contributed by atoms with Gasteiger partial charge in [-0.2, -0.15) is 0 Å². The van der Waals surface area contributed by atoms with Crippen LogP contribution in [-0.4, -0.2) is 53.8 Å². The zero-order chi connectivity index (χ0) is 21.8. The zero-order valence-corrected chi connectivity index (χ0v) is 18.7. The van der Waals surface area contributed by atoms with E-state index >= 15 is 0 Å². The van der Waals surface area contributed by atoms with Crippen molar-refractivity contribution in [3.05, 3.63) is 90.0 Å². The van der Waals surface area contributed by atoms with E-state index in [9.17, 15) is 0 Å². The van der Waals surface area contributed by atoms with Crippen LogP contribution in [0.5, 0.6) is 5.75 Å². The van der Waals surface area contributed by atoms with Crippen LogP contribution in [0, 0.1) is 6.92 Å². The minimum atomic E-state index is 0.718. The van der Waals surface area contributed by atoms with Gasteiger partial charge in [0.1, 0.15) is 12.4 Å². The maximum atomic E-state index is 5.95. The highest BCUT2D eigenvalue weighted by Crippen LogP contribution is 2.25. The van der Waals surface area contributed by atoms with Crippen LogP contribution < -0.4 is 9.64 Å². The number of nitrogens with zero attached hydrogens (tertiary/aromatic N) is 4. The summed E-state index contributed by atoms with van der Waals surface area (Å²) in [6.07, 6.45) is 0. The van der Waals surface area contributed by atoms with Gasteiger partial charge in [-0.05, 0) is 42.3 Å². The summed E-state index contributed by atoms with van der Waals surface area (Å²) in [5.74, 6) is 2.03. The fraction of sp³-hybridized carbons (Fsp3) is 0.296. The number of fused-ring (bicyclic) bond motifs is 1. The summed E-state index contributed by atoms with van der Waals surface area (Å²) < 4.78 is 8.32. The van der Waals surface area contributed by atoms with E-state index in [2.05, 4.69) is 88.0 Å². The Hall–Kier alpha value is -3.31. The van der Waals surface area contributed by atoms with Gasteiger partial charge in [0.05, 0.1) is 17.6 Å². The molecule has 1 aromatic heterocycles. The van der Waals surface area contributed by atoms with Gasteiger partial charge in [-0.3, -0.25) is 4.90 Å². The van der Waals surface area contributed by atoms with Crippen molar-refractivity contribution in [2.45, 2.75) is 13.5 Å². The lowest BCUT2D eigenvalue weighted by Gasteiger charge is -2.35. The SMILES string of the molecule is Cc1cccc(OCCN2CCN(c3nc4ccccc4n3Cc3ccccc3)CC2)c1. The molecule has 2 heterocycles. The maximum Gasteiger partial charge on any atom is 0.206 e. The van der Waals surface area contributed by atoms with E-state index in [4.69, 9.17) is 9.72 Å². The summed E-state index contributed by atoms with van der Waals surface area (Å²) in [6, 6.07) is 27.4. The first-order valence-electron chi connectivity index (χ1n) is 11.4. The number of aromatic nitrogens is 2. The Bertz CT molecular complexity index is 1160. The molecule has 5 rings (SSSR count). The van der Waals surface area contributed by atoms with Crippen molar-refractivity contribution in [2.24, 2.45) is 0 Å². The molecule has 164 valence electrons. The van der Waals surface area contributed by atoms with Crippen LogP contribution in [0.3, 0.4) is 0 Å². The number of hydrogen-bond acceptors (Lipinski definition) is 4. The Morgan fingerprint density at radius 2 is 1.62 bits per heavy atom. The van der Waals surface area contributed by atoms with E-state index in [-0.39, 0.29) is 0 Å². The minimum absolute atomic E-state index is 0.718. The summed E-state index contributed by atoms with van der Waals surface area (Å²) in [6.45, 7) is 8.58. The lowest BCUT2D eigenvalue weighted by atomic mass is 10.2. The van der Waals surface area contributed by atoms with Crippen LogP contribution >= 0.6 is 0 Å². The summed E-state index contributed by atoms with van der Waals surface area (Å²) in [5, 5.41) is 0. The van der Waals surface area contributed by atoms with Crippen LogP contribution in [0.15, 0.2) is 78.9 Å². The van der Waals surface area contributed by atoms with E-state index < -0.39 is 0 Å². The Kier molecular flexibility index (Phi) is 6.08. The van der Waals surface area contributed by atoms with E-state index in [1.165, 1.54) is 16.6 Å². The molecule has 1 aliphatic rings. The topological polar surface area (TPSA) is 33.5 Å². The molecule has 1 saturated heterocycles. The number of piperazine rings is 1. The van der Waals surface area contributed by atoms with Crippen molar-refractivity contribution < 1.29 is 4.74 Å². The van der Waals surface area contributed by atoms with Gasteiger partial charge in [0, 0.05) is 32.7 Å². The maximum absolute atomic E-state index is 5.95. The van der Waals surface area contributed by atoms with Crippen LogP contribution in [0.25, 0.3) is 11.0 Å². The second-order valence-corrected chi connectivity index (χ2v) is 8.47. The lowest BCUT2D eigenvalue weighted by Crippen LogP contribution is -2.48. The van der Waals surface area contributed by atoms with Crippen molar-refractivity contribution in [3.8, 4) is 5.75 Å². The molecule has 1 fully saturated rings. The second kappa shape index (κ2) is 9.45. The molecular formula is C27H30N4O. The molecule has 0 bridgehead atoms. The van der Waals surface area contributed by atoms with Crippen LogP contribution in [0.1, 0.15) is 11.1 Å². The molecule has 0 unspecified atom stereocenters. The van der Waals surface area contributed by atoms with Gasteiger partial charge in [0.25, 0.3) is 0 Å². The normalized spacial score (nSPS) is 14.7. The molecule has 0 aliphatic carbocycles. The molecule has 0 atom stereocenters. The Labute approximate surface area is 189 Å². The van der Waals surface area contributed by atoms with Crippen LogP contribution in [0.4, 0.5) is 5.95 Å². The van der Waals surface area contributed by atoms with Gasteiger partial charge in [-0.15, -0.1) is 0 Å². The van der Waals surface area contributed by atoms with Crippen molar-refractivity contribution >= 4 is 17.0 Å². The largest absolute Gasteiger partial charge is 0.492 e. The number of anilines is 1. The zero-order valence-electron chi connectivity index (χ0n) is 18.7. The predicted molar refractivity (Wildman–Crippen MR) is 131 cm³/mol. The first-order chi connectivity index (χ1) is 15.8. The first kappa shape index (κ1) is 20.6. The molecule has 0 N–H and O–H groups in total. The average Bonchev–Trinajstić information content (AvgIpc) is 3.19. The minimum Gasteiger partial charge on any atom is -0.492 e. The molecule has 0 amide bonds. The Morgan fingerprint density at radius 1 is 0.844 bits per heavy atom. The summed E-state index contributed by atoms with van der Waals surface area (Å²) in [5.41, 5.74) is 4.78. The standard InChI is InChI=1S/C27H30N4O/c1-22-8-7-11-24(20-22)32-19-18-29-14-16-30(17-15-29)27-28-25-12-5-6-13-26(25)31(27)21-23-9-3-2-4-10-23/h2-13,20H,14-19,21H2,1H3. The van der Waals surface area contributed by atoms with Crippen molar-refractivity contribution in [1.82, 2.24) is 14.5 Å². The number of hydrogen-bond donors (Lipinski definition) is 0. The smallest absolute Gasteiger partial charge is 0.206 e. The highest BCUT2D eigenvalue weighted by molar-refractivity contribution is 5.79. The number of imidazole rings is 1. The lowest BCUT2D eigenvalue weighted by molar-refractivity contribution is 0.200. The molecule has 5 nitrogen and oxygen atoms in total. The van der Waals surface area contributed by atoms with E-state index in [1.54, 1.807) is 0 Å². The first-order valence-corrected chi connectivity index (χ1v) is 11.4. The van der Waals surface area contributed by atoms with E-state index in [0.717, 1.165) is 63.1 Å². The molecular weight excluding hydrogens is 396 g/mol. The number of ether oxygens (including phenoxy) is 1. The molecule has 0 saturated carbocycles. The molecule has 0 spiro atoms. The van der Waals surface area contributed by atoms with Gasteiger partial charge in [-0.25, -0.2) is 4.98 Å². The number of rotatable bonds is 7. The van der Waals surface area contributed by atoms with E-state index in [1.807, 2.05) is 12.1 Å².